The Morgan fingerprint density at radius 3 is 2.60 bits per heavy atom. The molecule has 0 bridgehead atoms. The number of piperazine rings is 1. The molecule has 1 aromatic carbocycles. The van der Waals surface area contributed by atoms with Crippen molar-refractivity contribution in [1.82, 2.24) is 10.2 Å². The van der Waals surface area contributed by atoms with Gasteiger partial charge in [-0.25, -0.2) is 0 Å². The molecule has 1 N–H and O–H groups in total. The molecule has 1 saturated heterocycles. The average Bonchev–Trinajstić information content (AvgIpc) is 2.26. The highest BCUT2D eigenvalue weighted by atomic mass is 15.2. The van der Waals surface area contributed by atoms with E-state index in [9.17, 15) is 0 Å². The first-order chi connectivity index (χ1) is 7.12. The molecule has 1 aliphatic rings. The first-order valence-corrected chi connectivity index (χ1v) is 5.63. The van der Waals surface area contributed by atoms with Crippen LogP contribution in [-0.4, -0.2) is 31.1 Å². The van der Waals surface area contributed by atoms with Crippen LogP contribution in [0.3, 0.4) is 0 Å². The maximum Gasteiger partial charge on any atom is 0.0535 e. The highest BCUT2D eigenvalue weighted by Gasteiger charge is 2.33. The van der Waals surface area contributed by atoms with Crippen molar-refractivity contribution in [2.75, 3.05) is 20.1 Å². The van der Waals surface area contributed by atoms with E-state index in [-0.39, 0.29) is 5.54 Å². The fraction of sp³-hybridized carbons (Fsp3) is 0.538. The Hall–Kier alpha value is -0.860. The molecule has 2 heteroatoms. The summed E-state index contributed by atoms with van der Waals surface area (Å²) >= 11 is 0. The van der Waals surface area contributed by atoms with Gasteiger partial charge in [0.2, 0.25) is 0 Å². The Morgan fingerprint density at radius 2 is 2.00 bits per heavy atom. The Morgan fingerprint density at radius 1 is 1.33 bits per heavy atom. The van der Waals surface area contributed by atoms with Crippen LogP contribution < -0.4 is 5.32 Å². The number of rotatable bonds is 1. The number of hydrogen-bond donors (Lipinski definition) is 1. The van der Waals surface area contributed by atoms with Crippen molar-refractivity contribution in [3.8, 4) is 0 Å². The monoisotopic (exact) mass is 204 g/mol. The van der Waals surface area contributed by atoms with Gasteiger partial charge in [0.1, 0.15) is 0 Å². The number of benzene rings is 1. The maximum absolute atomic E-state index is 3.65. The minimum absolute atomic E-state index is 0.0997. The van der Waals surface area contributed by atoms with E-state index in [1.54, 1.807) is 0 Å². The molecule has 82 valence electrons. The standard InChI is InChI=1S/C13H20N2/c1-11-9-14-13(2,10-15(11)3)12-7-5-4-6-8-12/h4-8,11,14H,9-10H2,1-3H3. The van der Waals surface area contributed by atoms with E-state index in [0.29, 0.717) is 6.04 Å². The third-order valence-corrected chi connectivity index (χ3v) is 3.52. The van der Waals surface area contributed by atoms with Gasteiger partial charge in [0.25, 0.3) is 0 Å². The molecule has 1 aromatic rings. The average molecular weight is 204 g/mol. The molecule has 1 fully saturated rings. The van der Waals surface area contributed by atoms with E-state index in [1.807, 2.05) is 0 Å². The minimum atomic E-state index is 0.0997. The summed E-state index contributed by atoms with van der Waals surface area (Å²) in [6, 6.07) is 11.3. The Bertz CT molecular complexity index is 323. The Kier molecular flexibility index (Phi) is 2.81. The third kappa shape index (κ3) is 2.06. The fourth-order valence-corrected chi connectivity index (χ4v) is 2.24. The van der Waals surface area contributed by atoms with E-state index in [4.69, 9.17) is 0 Å². The highest BCUT2D eigenvalue weighted by molar-refractivity contribution is 5.25. The van der Waals surface area contributed by atoms with Gasteiger partial charge in [-0.1, -0.05) is 30.3 Å². The van der Waals surface area contributed by atoms with Crippen molar-refractivity contribution in [3.63, 3.8) is 0 Å². The molecular weight excluding hydrogens is 184 g/mol. The second-order valence-electron chi connectivity index (χ2n) is 4.84. The topological polar surface area (TPSA) is 15.3 Å². The Balaban J connectivity index is 2.21. The fourth-order valence-electron chi connectivity index (χ4n) is 2.24. The van der Waals surface area contributed by atoms with E-state index < -0.39 is 0 Å². The largest absolute Gasteiger partial charge is 0.305 e. The quantitative estimate of drug-likeness (QED) is 0.750. The van der Waals surface area contributed by atoms with Gasteiger partial charge in [-0.15, -0.1) is 0 Å². The van der Waals surface area contributed by atoms with Gasteiger partial charge in [-0.3, -0.25) is 0 Å². The number of nitrogens with zero attached hydrogens (tertiary/aromatic N) is 1. The van der Waals surface area contributed by atoms with Crippen LogP contribution in [0.5, 0.6) is 0 Å². The summed E-state index contributed by atoms with van der Waals surface area (Å²) in [4.78, 5) is 2.42. The SMILES string of the molecule is CC1CNC(C)(c2ccccc2)CN1C. The molecule has 15 heavy (non-hydrogen) atoms. The zero-order chi connectivity index (χ0) is 10.9. The van der Waals surface area contributed by atoms with Crippen molar-refractivity contribution in [3.05, 3.63) is 35.9 Å². The predicted octanol–water partition coefficient (Wildman–Crippen LogP) is 1.83. The number of hydrogen-bond acceptors (Lipinski definition) is 2. The van der Waals surface area contributed by atoms with Crippen LogP contribution in [0.1, 0.15) is 19.4 Å². The molecule has 1 aliphatic heterocycles. The van der Waals surface area contributed by atoms with E-state index >= 15 is 0 Å². The lowest BCUT2D eigenvalue weighted by atomic mass is 9.89. The zero-order valence-electron chi connectivity index (χ0n) is 9.83. The molecule has 0 saturated carbocycles. The van der Waals surface area contributed by atoms with Gasteiger partial charge >= 0.3 is 0 Å². The molecule has 0 spiro atoms. The molecule has 1 heterocycles. The lowest BCUT2D eigenvalue weighted by molar-refractivity contribution is 0.121. The molecule has 2 unspecified atom stereocenters. The van der Waals surface area contributed by atoms with Crippen LogP contribution in [0.2, 0.25) is 0 Å². The number of nitrogens with one attached hydrogen (secondary N) is 1. The van der Waals surface area contributed by atoms with Gasteiger partial charge < -0.3 is 10.2 Å². The summed E-state index contributed by atoms with van der Waals surface area (Å²) in [7, 11) is 2.20. The van der Waals surface area contributed by atoms with Crippen LogP contribution in [0.15, 0.2) is 30.3 Å². The summed E-state index contributed by atoms with van der Waals surface area (Å²) in [5.74, 6) is 0. The third-order valence-electron chi connectivity index (χ3n) is 3.52. The van der Waals surface area contributed by atoms with Crippen LogP contribution in [0.4, 0.5) is 0 Å². The highest BCUT2D eigenvalue weighted by Crippen LogP contribution is 2.25. The van der Waals surface area contributed by atoms with Gasteiger partial charge in [0.15, 0.2) is 0 Å². The molecule has 0 amide bonds. The summed E-state index contributed by atoms with van der Waals surface area (Å²) in [5, 5.41) is 3.65. The van der Waals surface area contributed by atoms with Crippen LogP contribution >= 0.6 is 0 Å². The molecular formula is C13H20N2. The summed E-state index contributed by atoms with van der Waals surface area (Å²) in [5.41, 5.74) is 1.48. The molecule has 0 radical (unpaired) electrons. The molecule has 0 aromatic heterocycles. The molecule has 2 atom stereocenters. The lowest BCUT2D eigenvalue weighted by Crippen LogP contribution is -2.59. The van der Waals surface area contributed by atoms with Gasteiger partial charge in [-0.05, 0) is 26.5 Å². The van der Waals surface area contributed by atoms with Gasteiger partial charge in [0.05, 0.1) is 5.54 Å². The van der Waals surface area contributed by atoms with Crippen molar-refractivity contribution >= 4 is 0 Å². The molecule has 2 nitrogen and oxygen atoms in total. The predicted molar refractivity (Wildman–Crippen MR) is 63.9 cm³/mol. The smallest absolute Gasteiger partial charge is 0.0535 e. The minimum Gasteiger partial charge on any atom is -0.305 e. The van der Waals surface area contributed by atoms with Crippen molar-refractivity contribution in [1.29, 1.82) is 0 Å². The lowest BCUT2D eigenvalue weighted by Gasteiger charge is -2.44. The van der Waals surface area contributed by atoms with E-state index in [2.05, 4.69) is 61.4 Å². The van der Waals surface area contributed by atoms with Gasteiger partial charge in [0, 0.05) is 19.1 Å². The van der Waals surface area contributed by atoms with E-state index in [1.165, 1.54) is 5.56 Å². The molecule has 0 aliphatic carbocycles. The first-order valence-electron chi connectivity index (χ1n) is 5.63. The Labute approximate surface area is 92.3 Å². The summed E-state index contributed by atoms with van der Waals surface area (Å²) in [6.07, 6.45) is 0. The summed E-state index contributed by atoms with van der Waals surface area (Å²) < 4.78 is 0. The first kappa shape index (κ1) is 10.7. The zero-order valence-corrected chi connectivity index (χ0v) is 9.83. The van der Waals surface area contributed by atoms with Gasteiger partial charge in [-0.2, -0.15) is 0 Å². The molecule has 2 rings (SSSR count). The number of likely N-dealkylation sites (N-methyl/N-ethyl adjacent to an activating group) is 1. The van der Waals surface area contributed by atoms with Crippen LogP contribution in [0.25, 0.3) is 0 Å². The summed E-state index contributed by atoms with van der Waals surface area (Å²) in [6.45, 7) is 6.67. The van der Waals surface area contributed by atoms with Crippen LogP contribution in [-0.2, 0) is 5.54 Å². The van der Waals surface area contributed by atoms with Crippen LogP contribution in [0, 0.1) is 0 Å². The normalized spacial score (nSPS) is 32.9. The van der Waals surface area contributed by atoms with Crippen molar-refractivity contribution in [2.45, 2.75) is 25.4 Å². The second kappa shape index (κ2) is 3.95. The van der Waals surface area contributed by atoms with Crippen molar-refractivity contribution < 1.29 is 0 Å². The second-order valence-corrected chi connectivity index (χ2v) is 4.84. The maximum atomic E-state index is 3.65. The van der Waals surface area contributed by atoms with E-state index in [0.717, 1.165) is 13.1 Å². The van der Waals surface area contributed by atoms with Crippen molar-refractivity contribution in [2.24, 2.45) is 0 Å².